The Morgan fingerprint density at radius 1 is 1.42 bits per heavy atom. The molecule has 4 nitrogen and oxygen atoms in total. The molecule has 1 aromatic carbocycles. The lowest BCUT2D eigenvalue weighted by Gasteiger charge is -2.11. The molecule has 2 rings (SSSR count). The molecule has 0 saturated heterocycles. The third-order valence-corrected chi connectivity index (χ3v) is 3.10. The van der Waals surface area contributed by atoms with Crippen LogP contribution in [0.15, 0.2) is 30.5 Å². The van der Waals surface area contributed by atoms with Crippen molar-refractivity contribution in [3.63, 3.8) is 0 Å². The Morgan fingerprint density at radius 2 is 2.11 bits per heavy atom. The SMILES string of the molecule is CC(C)Cc1c(C(=O)O)cnn1-c1ccccc1Cl. The average Bonchev–Trinajstić information content (AvgIpc) is 2.72. The number of para-hydroxylation sites is 1. The first kappa shape index (κ1) is 13.6. The maximum atomic E-state index is 11.2. The van der Waals surface area contributed by atoms with Crippen LogP contribution in [0.5, 0.6) is 0 Å². The first-order valence-corrected chi connectivity index (χ1v) is 6.43. The summed E-state index contributed by atoms with van der Waals surface area (Å²) < 4.78 is 1.62. The van der Waals surface area contributed by atoms with Crippen LogP contribution in [0.3, 0.4) is 0 Å². The summed E-state index contributed by atoms with van der Waals surface area (Å²) in [7, 11) is 0. The quantitative estimate of drug-likeness (QED) is 0.932. The standard InChI is InChI=1S/C14H15ClN2O2/c1-9(2)7-13-10(14(18)19)8-16-17(13)12-6-4-3-5-11(12)15/h3-6,8-9H,7H2,1-2H3,(H,18,19). The lowest BCUT2D eigenvalue weighted by molar-refractivity contribution is 0.0695. The Bertz CT molecular complexity index is 605. The molecule has 2 aromatic rings. The molecule has 0 atom stereocenters. The topological polar surface area (TPSA) is 55.1 Å². The highest BCUT2D eigenvalue weighted by Crippen LogP contribution is 2.24. The molecular weight excluding hydrogens is 264 g/mol. The summed E-state index contributed by atoms with van der Waals surface area (Å²) in [6.45, 7) is 4.07. The Hall–Kier alpha value is -1.81. The van der Waals surface area contributed by atoms with E-state index in [1.54, 1.807) is 10.7 Å². The van der Waals surface area contributed by atoms with E-state index in [4.69, 9.17) is 11.6 Å². The van der Waals surface area contributed by atoms with Crippen molar-refractivity contribution < 1.29 is 9.90 Å². The maximum absolute atomic E-state index is 11.2. The van der Waals surface area contributed by atoms with Crippen molar-refractivity contribution in [1.82, 2.24) is 9.78 Å². The van der Waals surface area contributed by atoms with E-state index in [9.17, 15) is 9.90 Å². The van der Waals surface area contributed by atoms with Gasteiger partial charge < -0.3 is 5.11 Å². The Kier molecular flexibility index (Phi) is 3.90. The van der Waals surface area contributed by atoms with Crippen LogP contribution in [0.2, 0.25) is 5.02 Å². The monoisotopic (exact) mass is 278 g/mol. The minimum atomic E-state index is -0.964. The number of hydrogen-bond acceptors (Lipinski definition) is 2. The van der Waals surface area contributed by atoms with E-state index in [1.807, 2.05) is 32.0 Å². The largest absolute Gasteiger partial charge is 0.478 e. The summed E-state index contributed by atoms with van der Waals surface area (Å²) in [5.41, 5.74) is 1.61. The predicted octanol–water partition coefficient (Wildman–Crippen LogP) is 3.42. The van der Waals surface area contributed by atoms with Crippen molar-refractivity contribution in [1.29, 1.82) is 0 Å². The third kappa shape index (κ3) is 2.79. The summed E-state index contributed by atoms with van der Waals surface area (Å²) in [5.74, 6) is -0.634. The van der Waals surface area contributed by atoms with Gasteiger partial charge in [-0.15, -0.1) is 0 Å². The van der Waals surface area contributed by atoms with Crippen LogP contribution in [-0.4, -0.2) is 20.9 Å². The van der Waals surface area contributed by atoms with Gasteiger partial charge in [0.05, 0.1) is 22.6 Å². The number of halogens is 1. The van der Waals surface area contributed by atoms with E-state index in [2.05, 4.69) is 5.10 Å². The van der Waals surface area contributed by atoms with Crippen molar-refractivity contribution in [2.75, 3.05) is 0 Å². The van der Waals surface area contributed by atoms with Gasteiger partial charge in [0, 0.05) is 0 Å². The smallest absolute Gasteiger partial charge is 0.339 e. The summed E-state index contributed by atoms with van der Waals surface area (Å²) >= 11 is 6.15. The van der Waals surface area contributed by atoms with Crippen LogP contribution in [0.25, 0.3) is 5.69 Å². The number of carbonyl (C=O) groups is 1. The summed E-state index contributed by atoms with van der Waals surface area (Å²) in [6.07, 6.45) is 2.01. The minimum absolute atomic E-state index is 0.230. The number of rotatable bonds is 4. The number of nitrogens with zero attached hydrogens (tertiary/aromatic N) is 2. The second-order valence-corrected chi connectivity index (χ2v) is 5.18. The second kappa shape index (κ2) is 5.45. The lowest BCUT2D eigenvalue weighted by atomic mass is 10.0. The Balaban J connectivity index is 2.58. The highest BCUT2D eigenvalue weighted by atomic mass is 35.5. The first-order valence-electron chi connectivity index (χ1n) is 6.05. The summed E-state index contributed by atoms with van der Waals surface area (Å²) in [4.78, 5) is 11.2. The fraction of sp³-hybridized carbons (Fsp3) is 0.286. The number of benzene rings is 1. The van der Waals surface area contributed by atoms with E-state index < -0.39 is 5.97 Å². The molecule has 0 unspecified atom stereocenters. The van der Waals surface area contributed by atoms with Crippen LogP contribution in [0, 0.1) is 5.92 Å². The average molecular weight is 279 g/mol. The predicted molar refractivity (Wildman–Crippen MR) is 74.1 cm³/mol. The van der Waals surface area contributed by atoms with Gasteiger partial charge in [-0.2, -0.15) is 5.10 Å². The highest BCUT2D eigenvalue weighted by molar-refractivity contribution is 6.32. The van der Waals surface area contributed by atoms with Crippen molar-refractivity contribution in [2.45, 2.75) is 20.3 Å². The first-order chi connectivity index (χ1) is 9.00. The van der Waals surface area contributed by atoms with Gasteiger partial charge in [0.2, 0.25) is 0 Å². The Labute approximate surface area is 116 Å². The molecule has 1 N–H and O–H groups in total. The molecular formula is C14H15ClN2O2. The van der Waals surface area contributed by atoms with E-state index in [0.29, 0.717) is 28.7 Å². The molecule has 0 aliphatic carbocycles. The van der Waals surface area contributed by atoms with Crippen LogP contribution in [0.1, 0.15) is 29.9 Å². The normalized spacial score (nSPS) is 10.9. The van der Waals surface area contributed by atoms with Crippen LogP contribution in [-0.2, 0) is 6.42 Å². The van der Waals surface area contributed by atoms with Crippen molar-refractivity contribution in [3.05, 3.63) is 46.7 Å². The number of hydrogen-bond donors (Lipinski definition) is 1. The summed E-state index contributed by atoms with van der Waals surface area (Å²) in [5, 5.41) is 13.9. The van der Waals surface area contributed by atoms with Gasteiger partial charge in [0.1, 0.15) is 5.56 Å². The molecule has 0 saturated carbocycles. The van der Waals surface area contributed by atoms with Crippen LogP contribution < -0.4 is 0 Å². The molecule has 0 amide bonds. The van der Waals surface area contributed by atoms with Crippen LogP contribution in [0.4, 0.5) is 0 Å². The lowest BCUT2D eigenvalue weighted by Crippen LogP contribution is -2.10. The third-order valence-electron chi connectivity index (χ3n) is 2.78. The van der Waals surface area contributed by atoms with Gasteiger partial charge in [-0.1, -0.05) is 37.6 Å². The summed E-state index contributed by atoms with van der Waals surface area (Å²) in [6, 6.07) is 7.26. The molecule has 100 valence electrons. The molecule has 1 aromatic heterocycles. The molecule has 0 aliphatic heterocycles. The van der Waals surface area contributed by atoms with Crippen molar-refractivity contribution in [3.8, 4) is 5.69 Å². The van der Waals surface area contributed by atoms with Gasteiger partial charge in [0.15, 0.2) is 0 Å². The van der Waals surface area contributed by atoms with E-state index in [-0.39, 0.29) is 5.56 Å². The van der Waals surface area contributed by atoms with E-state index >= 15 is 0 Å². The number of aromatic carboxylic acids is 1. The van der Waals surface area contributed by atoms with Gasteiger partial charge in [-0.25, -0.2) is 9.48 Å². The van der Waals surface area contributed by atoms with E-state index in [1.165, 1.54) is 6.20 Å². The fourth-order valence-electron chi connectivity index (χ4n) is 1.97. The minimum Gasteiger partial charge on any atom is -0.478 e. The molecule has 0 aliphatic rings. The van der Waals surface area contributed by atoms with Gasteiger partial charge >= 0.3 is 5.97 Å². The van der Waals surface area contributed by atoms with Crippen molar-refractivity contribution >= 4 is 17.6 Å². The zero-order valence-electron chi connectivity index (χ0n) is 10.8. The molecule has 0 fully saturated rings. The van der Waals surface area contributed by atoms with Crippen LogP contribution >= 0.6 is 11.6 Å². The number of carboxylic acid groups (broad SMARTS) is 1. The molecule has 0 radical (unpaired) electrons. The fourth-order valence-corrected chi connectivity index (χ4v) is 2.18. The molecule has 5 heteroatoms. The highest BCUT2D eigenvalue weighted by Gasteiger charge is 2.19. The Morgan fingerprint density at radius 3 is 2.68 bits per heavy atom. The van der Waals surface area contributed by atoms with Gasteiger partial charge in [-0.05, 0) is 24.5 Å². The van der Waals surface area contributed by atoms with Gasteiger partial charge in [0.25, 0.3) is 0 Å². The zero-order chi connectivity index (χ0) is 14.0. The second-order valence-electron chi connectivity index (χ2n) is 4.77. The van der Waals surface area contributed by atoms with E-state index in [0.717, 1.165) is 0 Å². The van der Waals surface area contributed by atoms with Gasteiger partial charge in [-0.3, -0.25) is 0 Å². The maximum Gasteiger partial charge on any atom is 0.339 e. The molecule has 0 spiro atoms. The molecule has 0 bridgehead atoms. The number of aromatic nitrogens is 2. The van der Waals surface area contributed by atoms with Crippen molar-refractivity contribution in [2.24, 2.45) is 5.92 Å². The molecule has 1 heterocycles. The number of carboxylic acids is 1. The zero-order valence-corrected chi connectivity index (χ0v) is 11.6. The molecule has 19 heavy (non-hydrogen) atoms.